The molecular formula is C24H25NO4. The number of fused-ring (bicyclic) bond motifs is 2. The first-order chi connectivity index (χ1) is 14.1. The van der Waals surface area contributed by atoms with E-state index >= 15 is 0 Å². The number of aryl methyl sites for hydroxylation is 1. The Kier molecular flexibility index (Phi) is 4.64. The second-order valence-corrected chi connectivity index (χ2v) is 8.14. The van der Waals surface area contributed by atoms with Gasteiger partial charge in [-0.3, -0.25) is 9.69 Å². The van der Waals surface area contributed by atoms with Crippen molar-refractivity contribution in [1.29, 1.82) is 0 Å². The molecule has 0 aliphatic carbocycles. The molecule has 5 heteroatoms. The summed E-state index contributed by atoms with van der Waals surface area (Å²) in [5.41, 5.74) is 4.70. The topological polar surface area (TPSA) is 48.0 Å². The Bertz CT molecular complexity index is 987. The molecule has 3 aliphatic rings. The molecule has 0 radical (unpaired) electrons. The standard InChI is InChI=1S/C24H25NO4/c1-15-5-7-17(8-6-15)10-21-22(26)20-11-18-12-25(13-19-4-3-9-27-19)14-28-23(18)16(2)24(20)29-21/h5-8,10-11,19H,3-4,9,12-14H2,1-2H3/b21-10-. The van der Waals surface area contributed by atoms with E-state index in [1.807, 2.05) is 50.3 Å². The molecule has 0 aromatic heterocycles. The molecule has 0 saturated carbocycles. The van der Waals surface area contributed by atoms with Crippen molar-refractivity contribution in [1.82, 2.24) is 4.90 Å². The molecule has 1 atom stereocenters. The lowest BCUT2D eigenvalue weighted by molar-refractivity contribution is 0.0276. The van der Waals surface area contributed by atoms with Crippen molar-refractivity contribution >= 4 is 11.9 Å². The molecule has 0 amide bonds. The van der Waals surface area contributed by atoms with Gasteiger partial charge in [0.05, 0.1) is 11.7 Å². The van der Waals surface area contributed by atoms with Crippen LogP contribution < -0.4 is 9.47 Å². The predicted molar refractivity (Wildman–Crippen MR) is 110 cm³/mol. The van der Waals surface area contributed by atoms with E-state index in [4.69, 9.17) is 14.2 Å². The molecule has 3 heterocycles. The van der Waals surface area contributed by atoms with Crippen LogP contribution in [-0.2, 0) is 11.3 Å². The molecule has 3 aliphatic heterocycles. The van der Waals surface area contributed by atoms with Gasteiger partial charge in [-0.2, -0.15) is 0 Å². The molecule has 150 valence electrons. The monoisotopic (exact) mass is 391 g/mol. The number of ketones is 1. The zero-order valence-electron chi connectivity index (χ0n) is 16.9. The maximum Gasteiger partial charge on any atom is 0.231 e. The Labute approximate surface area is 170 Å². The first-order valence-corrected chi connectivity index (χ1v) is 10.2. The molecular weight excluding hydrogens is 366 g/mol. The van der Waals surface area contributed by atoms with E-state index in [1.54, 1.807) is 0 Å². The van der Waals surface area contributed by atoms with Gasteiger partial charge in [0.15, 0.2) is 5.76 Å². The van der Waals surface area contributed by atoms with Gasteiger partial charge in [-0.05, 0) is 44.4 Å². The third kappa shape index (κ3) is 3.45. The van der Waals surface area contributed by atoms with Gasteiger partial charge in [0, 0.05) is 30.8 Å². The average molecular weight is 391 g/mol. The Morgan fingerprint density at radius 1 is 1.17 bits per heavy atom. The van der Waals surface area contributed by atoms with E-state index < -0.39 is 0 Å². The van der Waals surface area contributed by atoms with E-state index in [2.05, 4.69) is 4.90 Å². The molecule has 29 heavy (non-hydrogen) atoms. The molecule has 2 aromatic carbocycles. The van der Waals surface area contributed by atoms with Crippen LogP contribution in [0.2, 0.25) is 0 Å². The Morgan fingerprint density at radius 3 is 2.76 bits per heavy atom. The molecule has 5 rings (SSSR count). The van der Waals surface area contributed by atoms with Crippen molar-refractivity contribution in [2.75, 3.05) is 19.9 Å². The van der Waals surface area contributed by atoms with Crippen LogP contribution in [0.5, 0.6) is 11.5 Å². The largest absolute Gasteiger partial charge is 0.477 e. The zero-order valence-corrected chi connectivity index (χ0v) is 16.9. The summed E-state index contributed by atoms with van der Waals surface area (Å²) in [7, 11) is 0. The fourth-order valence-electron chi connectivity index (χ4n) is 4.30. The minimum absolute atomic E-state index is 0.0669. The Balaban J connectivity index is 1.41. The second kappa shape index (κ2) is 7.32. The van der Waals surface area contributed by atoms with Crippen molar-refractivity contribution in [2.45, 2.75) is 39.3 Å². The predicted octanol–water partition coefficient (Wildman–Crippen LogP) is 4.25. The number of Topliss-reactive ketones (excluding diaryl/α,β-unsaturated/α-hetero) is 1. The number of nitrogens with zero attached hydrogens (tertiary/aromatic N) is 1. The van der Waals surface area contributed by atoms with Crippen molar-refractivity contribution < 1.29 is 19.0 Å². The summed E-state index contributed by atoms with van der Waals surface area (Å²) in [6.07, 6.45) is 4.33. The van der Waals surface area contributed by atoms with Crippen LogP contribution in [0.1, 0.15) is 45.5 Å². The summed E-state index contributed by atoms with van der Waals surface area (Å²) < 4.78 is 17.8. The number of ether oxygens (including phenoxy) is 3. The molecule has 0 spiro atoms. The lowest BCUT2D eigenvalue weighted by Gasteiger charge is -2.31. The zero-order chi connectivity index (χ0) is 20.0. The second-order valence-electron chi connectivity index (χ2n) is 8.14. The summed E-state index contributed by atoms with van der Waals surface area (Å²) in [5, 5.41) is 0. The SMILES string of the molecule is Cc1ccc(/C=C2\Oc3c(cc4c(c3C)OCN(CC3CCCO3)C4)C2=O)cc1. The highest BCUT2D eigenvalue weighted by atomic mass is 16.5. The van der Waals surface area contributed by atoms with E-state index in [0.717, 1.165) is 55.0 Å². The van der Waals surface area contributed by atoms with Crippen molar-refractivity contribution in [3.63, 3.8) is 0 Å². The van der Waals surface area contributed by atoms with Crippen molar-refractivity contribution in [3.05, 3.63) is 63.9 Å². The highest BCUT2D eigenvalue weighted by molar-refractivity contribution is 6.15. The summed E-state index contributed by atoms with van der Waals surface area (Å²) in [6, 6.07) is 9.98. The van der Waals surface area contributed by atoms with Crippen LogP contribution in [0, 0.1) is 13.8 Å². The smallest absolute Gasteiger partial charge is 0.231 e. The number of carbonyl (C=O) groups excluding carboxylic acids is 1. The van der Waals surface area contributed by atoms with Crippen molar-refractivity contribution in [3.8, 4) is 11.5 Å². The van der Waals surface area contributed by atoms with Crippen LogP contribution in [-0.4, -0.2) is 36.7 Å². The Morgan fingerprint density at radius 2 is 2.00 bits per heavy atom. The molecule has 0 bridgehead atoms. The van der Waals surface area contributed by atoms with Crippen LogP contribution >= 0.6 is 0 Å². The van der Waals surface area contributed by atoms with Crippen LogP contribution in [0.15, 0.2) is 36.1 Å². The quantitative estimate of drug-likeness (QED) is 0.732. The van der Waals surface area contributed by atoms with Gasteiger partial charge in [0.25, 0.3) is 0 Å². The number of hydrogen-bond donors (Lipinski definition) is 0. The summed E-state index contributed by atoms with van der Waals surface area (Å²) in [4.78, 5) is 15.2. The number of carbonyl (C=O) groups is 1. The van der Waals surface area contributed by atoms with Gasteiger partial charge in [-0.25, -0.2) is 0 Å². The van der Waals surface area contributed by atoms with Gasteiger partial charge >= 0.3 is 0 Å². The normalized spacial score (nSPS) is 22.3. The van der Waals surface area contributed by atoms with Gasteiger partial charge < -0.3 is 14.2 Å². The van der Waals surface area contributed by atoms with E-state index in [-0.39, 0.29) is 11.9 Å². The van der Waals surface area contributed by atoms with Crippen LogP contribution in [0.3, 0.4) is 0 Å². The highest BCUT2D eigenvalue weighted by Crippen LogP contribution is 2.43. The van der Waals surface area contributed by atoms with Crippen molar-refractivity contribution in [2.24, 2.45) is 0 Å². The van der Waals surface area contributed by atoms with Gasteiger partial charge in [0.2, 0.25) is 5.78 Å². The highest BCUT2D eigenvalue weighted by Gasteiger charge is 2.34. The number of hydrogen-bond acceptors (Lipinski definition) is 5. The molecule has 1 unspecified atom stereocenters. The van der Waals surface area contributed by atoms with Crippen LogP contribution in [0.25, 0.3) is 6.08 Å². The lowest BCUT2D eigenvalue weighted by atomic mass is 9.99. The maximum absolute atomic E-state index is 13.0. The molecule has 0 N–H and O–H groups in total. The number of rotatable bonds is 3. The maximum atomic E-state index is 13.0. The number of allylic oxidation sites excluding steroid dienone is 1. The fraction of sp³-hybridized carbons (Fsp3) is 0.375. The van der Waals surface area contributed by atoms with E-state index in [9.17, 15) is 4.79 Å². The minimum Gasteiger partial charge on any atom is -0.477 e. The fourth-order valence-corrected chi connectivity index (χ4v) is 4.30. The van der Waals surface area contributed by atoms with Crippen LogP contribution in [0.4, 0.5) is 0 Å². The first-order valence-electron chi connectivity index (χ1n) is 10.2. The van der Waals surface area contributed by atoms with E-state index in [1.165, 1.54) is 5.56 Å². The summed E-state index contributed by atoms with van der Waals surface area (Å²) in [5.74, 6) is 1.77. The van der Waals surface area contributed by atoms with Gasteiger partial charge in [0.1, 0.15) is 18.2 Å². The molecule has 5 nitrogen and oxygen atoms in total. The molecule has 2 aromatic rings. The minimum atomic E-state index is -0.0669. The number of benzene rings is 2. The van der Waals surface area contributed by atoms with Gasteiger partial charge in [-0.15, -0.1) is 0 Å². The first kappa shape index (κ1) is 18.4. The molecule has 1 fully saturated rings. The van der Waals surface area contributed by atoms with E-state index in [0.29, 0.717) is 23.8 Å². The van der Waals surface area contributed by atoms with Gasteiger partial charge in [-0.1, -0.05) is 29.8 Å². The average Bonchev–Trinajstić information content (AvgIpc) is 3.33. The summed E-state index contributed by atoms with van der Waals surface area (Å²) >= 11 is 0. The Hall–Kier alpha value is -2.63. The third-order valence-electron chi connectivity index (χ3n) is 5.86. The third-order valence-corrected chi connectivity index (χ3v) is 5.86. The summed E-state index contributed by atoms with van der Waals surface area (Å²) in [6.45, 7) is 7.01. The lowest BCUT2D eigenvalue weighted by Crippen LogP contribution is -2.37. The molecule has 1 saturated heterocycles.